The minimum absolute atomic E-state index is 0.444. The van der Waals surface area contributed by atoms with E-state index in [1.807, 2.05) is 13.8 Å². The van der Waals surface area contributed by atoms with E-state index in [0.29, 0.717) is 13.2 Å². The van der Waals surface area contributed by atoms with Gasteiger partial charge in [0, 0.05) is 13.2 Å². The summed E-state index contributed by atoms with van der Waals surface area (Å²) in [5.41, 5.74) is 3.80. The van der Waals surface area contributed by atoms with Crippen LogP contribution < -0.4 is 0 Å². The van der Waals surface area contributed by atoms with E-state index in [0.717, 1.165) is 0 Å². The molecule has 0 atom stereocenters. The van der Waals surface area contributed by atoms with Crippen molar-refractivity contribution in [3.63, 3.8) is 0 Å². The molecule has 0 radical (unpaired) electrons. The van der Waals surface area contributed by atoms with Crippen molar-refractivity contribution in [3.05, 3.63) is 17.3 Å². The molecule has 0 N–H and O–H groups in total. The maximum atomic E-state index is 5.24. The van der Waals surface area contributed by atoms with Crippen LogP contribution in [0.15, 0.2) is 11.3 Å². The molecule has 0 rings (SSSR count). The summed E-state index contributed by atoms with van der Waals surface area (Å²) in [6.07, 6.45) is 2.24. The van der Waals surface area contributed by atoms with E-state index in [1.165, 1.54) is 21.9 Å². The van der Waals surface area contributed by atoms with Crippen molar-refractivity contribution in [1.29, 1.82) is 0 Å². The fourth-order valence-electron chi connectivity index (χ4n) is 0.534. The van der Waals surface area contributed by atoms with Crippen LogP contribution in [0.5, 0.6) is 0 Å². The van der Waals surface area contributed by atoms with Crippen molar-refractivity contribution < 1.29 is 25.8 Å². The molecule has 0 amide bonds. The molecule has 0 aliphatic rings. The standard InChI is InChI=1S/C8H12ClO2.BrH.Zn/c1-3-10-8(11-4-2)6-5-7-9;;/h7-8H,3-4H2,1-2H3;1H;/q-1;;+2/p-1. The van der Waals surface area contributed by atoms with Gasteiger partial charge in [-0.1, -0.05) is 0 Å². The summed E-state index contributed by atoms with van der Waals surface area (Å²) in [7, 11) is 0. The summed E-state index contributed by atoms with van der Waals surface area (Å²) in [5, 5.41) is 0. The molecule has 0 spiro atoms. The Morgan fingerprint density at radius 2 is 1.92 bits per heavy atom. The summed E-state index contributed by atoms with van der Waals surface area (Å²) in [5.74, 6) is 0. The van der Waals surface area contributed by atoms with Crippen LogP contribution in [-0.2, 0) is 25.8 Å². The van der Waals surface area contributed by atoms with Crippen molar-refractivity contribution >= 4 is 25.2 Å². The van der Waals surface area contributed by atoms with Crippen molar-refractivity contribution in [2.75, 3.05) is 13.2 Å². The summed E-state index contributed by atoms with van der Waals surface area (Å²) in [6.45, 7) is 4.94. The summed E-state index contributed by atoms with van der Waals surface area (Å²) in [4.78, 5) is 0. The fraction of sp³-hybridized carbons (Fsp3) is 0.625. The monoisotopic (exact) mass is 318 g/mol. The van der Waals surface area contributed by atoms with Crippen LogP contribution in [0.3, 0.4) is 0 Å². The molecular weight excluding hydrogens is 309 g/mol. The van der Waals surface area contributed by atoms with Crippen molar-refractivity contribution in [2.24, 2.45) is 0 Å². The van der Waals surface area contributed by atoms with E-state index in [9.17, 15) is 0 Å². The molecule has 0 heterocycles. The zero-order valence-corrected chi connectivity index (χ0v) is 13.2. The summed E-state index contributed by atoms with van der Waals surface area (Å²) >= 11 is 9.49. The van der Waals surface area contributed by atoms with Gasteiger partial charge in [-0.3, -0.25) is 0 Å². The van der Waals surface area contributed by atoms with Gasteiger partial charge in [0.2, 0.25) is 0 Å². The molecule has 72 valence electrons. The molecule has 2 nitrogen and oxygen atoms in total. The van der Waals surface area contributed by atoms with E-state index in [-0.39, 0.29) is 0 Å². The van der Waals surface area contributed by atoms with E-state index < -0.39 is 6.29 Å². The zero-order valence-electron chi connectivity index (χ0n) is 7.85. The zero-order chi connectivity index (χ0) is 10.5. The Morgan fingerprint density at radius 3 is 2.23 bits per heavy atom. The molecule has 0 aromatic heterocycles. The first-order chi connectivity index (χ1) is 6.35. The van der Waals surface area contributed by atoms with Crippen molar-refractivity contribution in [3.8, 4) is 0 Å². The first-order valence-electron chi connectivity index (χ1n) is 3.78. The number of rotatable bonds is 5. The Labute approximate surface area is 101 Å². The van der Waals surface area contributed by atoms with Crippen LogP contribution in [0.4, 0.5) is 0 Å². The summed E-state index contributed by atoms with van der Waals surface area (Å²) in [6, 6.07) is 0. The molecule has 0 aliphatic carbocycles. The SMILES string of the molecule is CCOC([C-]=C=CCl)OCC.[Zn+][Br]. The quantitative estimate of drug-likeness (QED) is 0.335. The predicted molar refractivity (Wildman–Crippen MR) is 53.1 cm³/mol. The van der Waals surface area contributed by atoms with Gasteiger partial charge in [0.1, 0.15) is 6.29 Å². The third kappa shape index (κ3) is 12.8. The Bertz CT molecular complexity index is 143. The van der Waals surface area contributed by atoms with Gasteiger partial charge in [0.25, 0.3) is 0 Å². The molecule has 0 aliphatic heterocycles. The third-order valence-electron chi connectivity index (χ3n) is 0.892. The van der Waals surface area contributed by atoms with E-state index in [4.69, 9.17) is 21.1 Å². The van der Waals surface area contributed by atoms with Crippen LogP contribution in [-0.4, -0.2) is 19.5 Å². The maximum absolute atomic E-state index is 5.24. The first kappa shape index (κ1) is 16.3. The van der Waals surface area contributed by atoms with Crippen LogP contribution in [0.1, 0.15) is 13.8 Å². The van der Waals surface area contributed by atoms with Crippen LogP contribution in [0.2, 0.25) is 0 Å². The molecule has 0 aromatic carbocycles. The van der Waals surface area contributed by atoms with Gasteiger partial charge >= 0.3 is 30.0 Å². The fourth-order valence-corrected chi connectivity index (χ4v) is 0.597. The molecule has 0 saturated heterocycles. The average Bonchev–Trinajstić information content (AvgIpc) is 2.18. The normalized spacial score (nSPS) is 8.54. The van der Waals surface area contributed by atoms with Gasteiger partial charge in [0.15, 0.2) is 0 Å². The minimum atomic E-state index is -0.444. The number of ether oxygens (including phenoxy) is 2. The Kier molecular flexibility index (Phi) is 19.2. The topological polar surface area (TPSA) is 18.5 Å². The second kappa shape index (κ2) is 15.3. The van der Waals surface area contributed by atoms with Crippen LogP contribution >= 0.6 is 25.2 Å². The summed E-state index contributed by atoms with van der Waals surface area (Å²) < 4.78 is 10.2. The first-order valence-corrected chi connectivity index (χ1v) is 11.2. The second-order valence-electron chi connectivity index (χ2n) is 1.64. The Morgan fingerprint density at radius 1 is 1.46 bits per heavy atom. The van der Waals surface area contributed by atoms with Crippen molar-refractivity contribution in [1.82, 2.24) is 0 Å². The molecular formula is C8H12BrClO2Zn. The third-order valence-corrected chi connectivity index (χ3v) is 1.00. The van der Waals surface area contributed by atoms with Gasteiger partial charge in [-0.15, -0.1) is 5.54 Å². The number of halogens is 2. The molecule has 0 bridgehead atoms. The second-order valence-corrected chi connectivity index (χ2v) is 1.86. The molecule has 5 heteroatoms. The molecule has 0 aromatic rings. The van der Waals surface area contributed by atoms with E-state index in [1.54, 1.807) is 0 Å². The van der Waals surface area contributed by atoms with Gasteiger partial charge in [-0.05, 0) is 13.8 Å². The van der Waals surface area contributed by atoms with Gasteiger partial charge < -0.3 is 15.2 Å². The Balaban J connectivity index is 0. The number of hydrogen-bond acceptors (Lipinski definition) is 2. The average molecular weight is 321 g/mol. The molecule has 0 unspecified atom stereocenters. The predicted octanol–water partition coefficient (Wildman–Crippen LogP) is 2.94. The Hall–Kier alpha value is 0.833. The molecule has 0 saturated carbocycles. The van der Waals surface area contributed by atoms with Gasteiger partial charge in [0.05, 0.1) is 0 Å². The number of hydrogen-bond donors (Lipinski definition) is 0. The van der Waals surface area contributed by atoms with E-state index >= 15 is 0 Å². The van der Waals surface area contributed by atoms with E-state index in [2.05, 4.69) is 25.4 Å². The molecule has 0 fully saturated rings. The van der Waals surface area contributed by atoms with Crippen molar-refractivity contribution in [2.45, 2.75) is 20.1 Å². The van der Waals surface area contributed by atoms with Gasteiger partial charge in [-0.25, -0.2) is 11.6 Å². The molecule has 13 heavy (non-hydrogen) atoms. The van der Waals surface area contributed by atoms with Crippen LogP contribution in [0, 0.1) is 6.08 Å². The van der Waals surface area contributed by atoms with Gasteiger partial charge in [-0.2, -0.15) is 6.08 Å². The van der Waals surface area contributed by atoms with Crippen LogP contribution in [0.25, 0.3) is 0 Å².